The van der Waals surface area contributed by atoms with Crippen LogP contribution in [0.4, 0.5) is 17.1 Å². The molecule has 0 bridgehead atoms. The van der Waals surface area contributed by atoms with Gasteiger partial charge in [-0.15, -0.1) is 0 Å². The second-order valence-electron chi connectivity index (χ2n) is 9.89. The molecule has 0 spiro atoms. The fourth-order valence-electron chi connectivity index (χ4n) is 5.45. The summed E-state index contributed by atoms with van der Waals surface area (Å²) in [5.74, 6) is 1.45. The number of nitrogens with zero attached hydrogens (tertiary/aromatic N) is 3. The Morgan fingerprint density at radius 1 is 0.974 bits per heavy atom. The van der Waals surface area contributed by atoms with Gasteiger partial charge in [-0.25, -0.2) is 4.99 Å². The average molecular weight is 558 g/mol. The molecule has 0 unspecified atom stereocenters. The number of benzene rings is 3. The number of aromatic hydroxyl groups is 1. The van der Waals surface area contributed by atoms with Crippen LogP contribution in [-0.4, -0.2) is 29.8 Å². The standard InChI is InChI=1S/C31H31N3O3S2/c1-3-33-26-19-25(37-2)17-18-27(26)38-30(33)28-29(36)34(23-13-15-24(35)16-14-23)31(39-28)32-22-11-9-21(10-12-22)20-7-5-4-6-8-20/h9-20,35H,3-8H2,1-2H3. The number of amidine groups is 1. The average Bonchev–Trinajstić information content (AvgIpc) is 3.50. The lowest BCUT2D eigenvalue weighted by atomic mass is 9.84. The fraction of sp³-hybridized carbons (Fsp3) is 0.290. The van der Waals surface area contributed by atoms with E-state index in [0.717, 1.165) is 27.0 Å². The van der Waals surface area contributed by atoms with Gasteiger partial charge in [-0.3, -0.25) is 9.69 Å². The summed E-state index contributed by atoms with van der Waals surface area (Å²) in [6, 6.07) is 21.2. The monoisotopic (exact) mass is 557 g/mol. The van der Waals surface area contributed by atoms with Crippen molar-refractivity contribution in [3.8, 4) is 11.5 Å². The zero-order chi connectivity index (χ0) is 26.9. The maximum absolute atomic E-state index is 14.0. The number of fused-ring (bicyclic) bond motifs is 1. The molecule has 8 heteroatoms. The highest BCUT2D eigenvalue weighted by atomic mass is 32.2. The maximum Gasteiger partial charge on any atom is 0.274 e. The SMILES string of the molecule is CCN1C(=C2SC(=Nc3ccc(C4CCCCC4)cc3)N(c3ccc(O)cc3)C2=O)Sc2ccc(OC)cc21. The Bertz CT molecular complexity index is 1440. The Labute approximate surface area is 237 Å². The molecule has 3 aliphatic rings. The highest BCUT2D eigenvalue weighted by Gasteiger charge is 2.40. The first kappa shape index (κ1) is 25.9. The number of anilines is 2. The van der Waals surface area contributed by atoms with E-state index in [-0.39, 0.29) is 11.7 Å². The summed E-state index contributed by atoms with van der Waals surface area (Å²) < 4.78 is 5.46. The van der Waals surface area contributed by atoms with E-state index in [1.54, 1.807) is 48.0 Å². The molecule has 2 heterocycles. The minimum atomic E-state index is -0.121. The Balaban J connectivity index is 1.38. The lowest BCUT2D eigenvalue weighted by Crippen LogP contribution is -2.29. The van der Waals surface area contributed by atoms with Crippen molar-refractivity contribution in [2.45, 2.75) is 49.8 Å². The van der Waals surface area contributed by atoms with Gasteiger partial charge in [0.15, 0.2) is 5.17 Å². The summed E-state index contributed by atoms with van der Waals surface area (Å²) in [4.78, 5) is 24.5. The molecule has 2 aliphatic heterocycles. The second-order valence-corrected chi connectivity index (χ2v) is 11.9. The maximum atomic E-state index is 14.0. The van der Waals surface area contributed by atoms with Crippen LogP contribution in [0.5, 0.6) is 11.5 Å². The van der Waals surface area contributed by atoms with E-state index < -0.39 is 0 Å². The third-order valence-corrected chi connectivity index (χ3v) is 9.84. The van der Waals surface area contributed by atoms with Gasteiger partial charge in [-0.1, -0.05) is 43.2 Å². The number of thioether (sulfide) groups is 2. The van der Waals surface area contributed by atoms with E-state index in [9.17, 15) is 9.90 Å². The molecule has 6 nitrogen and oxygen atoms in total. The predicted octanol–water partition coefficient (Wildman–Crippen LogP) is 8.02. The van der Waals surface area contributed by atoms with Crippen LogP contribution >= 0.6 is 23.5 Å². The third-order valence-electron chi connectivity index (χ3n) is 7.50. The van der Waals surface area contributed by atoms with E-state index in [2.05, 4.69) is 36.1 Å². The number of ether oxygens (including phenoxy) is 1. The molecule has 0 radical (unpaired) electrons. The van der Waals surface area contributed by atoms with Gasteiger partial charge in [0.1, 0.15) is 21.4 Å². The minimum Gasteiger partial charge on any atom is -0.508 e. The quantitative estimate of drug-likeness (QED) is 0.321. The van der Waals surface area contributed by atoms with E-state index in [1.165, 1.54) is 49.4 Å². The Morgan fingerprint density at radius 2 is 1.72 bits per heavy atom. The molecule has 200 valence electrons. The highest BCUT2D eigenvalue weighted by molar-refractivity contribution is 8.20. The number of carbonyl (C=O) groups is 1. The molecular weight excluding hydrogens is 526 g/mol. The number of phenolic OH excluding ortho intramolecular Hbond substituents is 1. The van der Waals surface area contributed by atoms with Crippen LogP contribution < -0.4 is 14.5 Å². The number of hydrogen-bond acceptors (Lipinski definition) is 7. The third kappa shape index (κ3) is 5.03. The van der Waals surface area contributed by atoms with Crippen LogP contribution in [0.1, 0.15) is 50.5 Å². The Hall–Kier alpha value is -3.36. The highest BCUT2D eigenvalue weighted by Crippen LogP contribution is 2.52. The van der Waals surface area contributed by atoms with Crippen molar-refractivity contribution in [1.82, 2.24) is 0 Å². The molecule has 1 saturated heterocycles. The molecule has 3 aromatic rings. The van der Waals surface area contributed by atoms with Crippen LogP contribution in [0.15, 0.2) is 86.6 Å². The smallest absolute Gasteiger partial charge is 0.274 e. The van der Waals surface area contributed by atoms with Gasteiger partial charge in [-0.2, -0.15) is 0 Å². The van der Waals surface area contributed by atoms with Crippen molar-refractivity contribution in [2.24, 2.45) is 4.99 Å². The number of aliphatic imine (C=N–C) groups is 1. The summed E-state index contributed by atoms with van der Waals surface area (Å²) in [5, 5.41) is 11.4. The number of hydrogen-bond donors (Lipinski definition) is 1. The van der Waals surface area contributed by atoms with Crippen LogP contribution in [0, 0.1) is 0 Å². The molecule has 1 amide bonds. The minimum absolute atomic E-state index is 0.121. The Kier molecular flexibility index (Phi) is 7.32. The summed E-state index contributed by atoms with van der Waals surface area (Å²) in [7, 11) is 1.66. The first-order valence-electron chi connectivity index (χ1n) is 13.4. The van der Waals surface area contributed by atoms with Crippen molar-refractivity contribution in [3.63, 3.8) is 0 Å². The molecule has 0 atom stereocenters. The van der Waals surface area contributed by atoms with E-state index in [4.69, 9.17) is 9.73 Å². The van der Waals surface area contributed by atoms with E-state index in [0.29, 0.717) is 28.2 Å². The summed E-state index contributed by atoms with van der Waals surface area (Å²) >= 11 is 3.00. The van der Waals surface area contributed by atoms with Crippen LogP contribution in [0.25, 0.3) is 0 Å². The molecular formula is C31H31N3O3S2. The van der Waals surface area contributed by atoms with Crippen molar-refractivity contribution in [3.05, 3.63) is 82.2 Å². The van der Waals surface area contributed by atoms with Crippen molar-refractivity contribution in [1.29, 1.82) is 0 Å². The number of carbonyl (C=O) groups excluding carboxylic acids is 1. The molecule has 0 aromatic heterocycles. The first-order valence-corrected chi connectivity index (χ1v) is 15.1. The van der Waals surface area contributed by atoms with Crippen molar-refractivity contribution >= 4 is 51.7 Å². The summed E-state index contributed by atoms with van der Waals surface area (Å²) in [6.45, 7) is 2.80. The normalized spacial score (nSPS) is 20.7. The van der Waals surface area contributed by atoms with Crippen LogP contribution in [0.3, 0.4) is 0 Å². The van der Waals surface area contributed by atoms with Gasteiger partial charge in [0, 0.05) is 17.5 Å². The molecule has 2 fully saturated rings. The van der Waals surface area contributed by atoms with Gasteiger partial charge in [0.05, 0.1) is 24.2 Å². The van der Waals surface area contributed by atoms with Gasteiger partial charge in [0.25, 0.3) is 5.91 Å². The number of phenols is 1. The molecule has 1 N–H and O–H groups in total. The summed E-state index contributed by atoms with van der Waals surface area (Å²) in [5.41, 5.74) is 3.90. The lowest BCUT2D eigenvalue weighted by Gasteiger charge is -2.22. The van der Waals surface area contributed by atoms with Crippen molar-refractivity contribution in [2.75, 3.05) is 23.5 Å². The zero-order valence-electron chi connectivity index (χ0n) is 22.1. The first-order chi connectivity index (χ1) is 19.1. The summed E-state index contributed by atoms with van der Waals surface area (Å²) in [6.07, 6.45) is 6.45. The lowest BCUT2D eigenvalue weighted by molar-refractivity contribution is -0.113. The van der Waals surface area contributed by atoms with Gasteiger partial charge >= 0.3 is 0 Å². The number of amides is 1. The largest absolute Gasteiger partial charge is 0.508 e. The number of rotatable bonds is 5. The second kappa shape index (κ2) is 11.0. The molecule has 6 rings (SSSR count). The van der Waals surface area contributed by atoms with Crippen molar-refractivity contribution < 1.29 is 14.6 Å². The van der Waals surface area contributed by atoms with Gasteiger partial charge < -0.3 is 14.7 Å². The van der Waals surface area contributed by atoms with E-state index in [1.807, 2.05) is 18.2 Å². The molecule has 39 heavy (non-hydrogen) atoms. The topological polar surface area (TPSA) is 65.4 Å². The van der Waals surface area contributed by atoms with Crippen LogP contribution in [-0.2, 0) is 4.79 Å². The molecule has 3 aromatic carbocycles. The Morgan fingerprint density at radius 3 is 2.41 bits per heavy atom. The van der Waals surface area contributed by atoms with E-state index >= 15 is 0 Å². The van der Waals surface area contributed by atoms with Gasteiger partial charge in [0.2, 0.25) is 0 Å². The van der Waals surface area contributed by atoms with Gasteiger partial charge in [-0.05, 0) is 91.5 Å². The predicted molar refractivity (Wildman–Crippen MR) is 161 cm³/mol. The van der Waals surface area contributed by atoms with Crippen LogP contribution in [0.2, 0.25) is 0 Å². The molecule has 1 aliphatic carbocycles. The fourth-order valence-corrected chi connectivity index (χ4v) is 7.82. The zero-order valence-corrected chi connectivity index (χ0v) is 23.7. The molecule has 1 saturated carbocycles. The number of methoxy groups -OCH3 is 1.